The smallest absolute Gasteiger partial charge is 0.408 e. The lowest BCUT2D eigenvalue weighted by atomic mass is 10.0. The highest BCUT2D eigenvalue weighted by atomic mass is 32.2. The molecule has 9 heteroatoms. The van der Waals surface area contributed by atoms with Crippen LogP contribution in [0.15, 0.2) is 50.5 Å². The molecule has 0 radical (unpaired) electrons. The van der Waals surface area contributed by atoms with Crippen LogP contribution in [0, 0.1) is 0 Å². The minimum Gasteiger partial charge on any atom is -0.408 e. The highest BCUT2D eigenvalue weighted by molar-refractivity contribution is 7.92. The maximum atomic E-state index is 12.8. The first-order chi connectivity index (χ1) is 12.8. The van der Waals surface area contributed by atoms with E-state index >= 15 is 0 Å². The molecule has 0 spiro atoms. The highest BCUT2D eigenvalue weighted by Crippen LogP contribution is 2.30. The van der Waals surface area contributed by atoms with Gasteiger partial charge in [-0.2, -0.15) is 0 Å². The molecule has 0 fully saturated rings. The van der Waals surface area contributed by atoms with Crippen molar-refractivity contribution in [3.63, 3.8) is 0 Å². The average molecular weight is 387 g/mol. The Morgan fingerprint density at radius 2 is 1.81 bits per heavy atom. The fourth-order valence-corrected chi connectivity index (χ4v) is 4.31. The Bertz CT molecular complexity index is 1240. The number of anilines is 2. The first-order valence-corrected chi connectivity index (χ1v) is 9.76. The van der Waals surface area contributed by atoms with Crippen LogP contribution in [0.25, 0.3) is 11.1 Å². The van der Waals surface area contributed by atoms with Crippen molar-refractivity contribution in [2.45, 2.75) is 17.7 Å². The molecule has 27 heavy (non-hydrogen) atoms. The Kier molecular flexibility index (Phi) is 3.84. The molecule has 0 saturated heterocycles. The molecule has 2 aromatic carbocycles. The van der Waals surface area contributed by atoms with Crippen molar-refractivity contribution in [2.75, 3.05) is 16.7 Å². The van der Waals surface area contributed by atoms with E-state index in [1.807, 2.05) is 0 Å². The number of benzene rings is 2. The number of aryl methyl sites for hydroxylation is 2. The van der Waals surface area contributed by atoms with Gasteiger partial charge in [-0.3, -0.25) is 14.1 Å². The number of carbonyl (C=O) groups is 1. The van der Waals surface area contributed by atoms with E-state index in [0.717, 1.165) is 11.3 Å². The summed E-state index contributed by atoms with van der Waals surface area (Å²) < 4.78 is 34.4. The van der Waals surface area contributed by atoms with Crippen LogP contribution in [0.2, 0.25) is 0 Å². The number of hydrogen-bond donors (Lipinski definition) is 1. The molecular weight excluding hydrogens is 370 g/mol. The normalized spacial score (nSPS) is 14.4. The summed E-state index contributed by atoms with van der Waals surface area (Å²) in [5, 5.41) is 0. The molecule has 0 bridgehead atoms. The molecule has 0 unspecified atom stereocenters. The van der Waals surface area contributed by atoms with Crippen LogP contribution >= 0.6 is 0 Å². The van der Waals surface area contributed by atoms with Gasteiger partial charge < -0.3 is 9.32 Å². The summed E-state index contributed by atoms with van der Waals surface area (Å²) in [6, 6.07) is 9.35. The van der Waals surface area contributed by atoms with Crippen molar-refractivity contribution in [3.8, 4) is 0 Å². The van der Waals surface area contributed by atoms with Crippen molar-refractivity contribution in [2.24, 2.45) is 7.05 Å². The van der Waals surface area contributed by atoms with E-state index < -0.39 is 15.8 Å². The molecule has 1 aromatic heterocycles. The third-order valence-electron chi connectivity index (χ3n) is 4.75. The second-order valence-electron chi connectivity index (χ2n) is 6.46. The quantitative estimate of drug-likeness (QED) is 0.739. The summed E-state index contributed by atoms with van der Waals surface area (Å²) in [5.41, 5.74) is 2.70. The van der Waals surface area contributed by atoms with Gasteiger partial charge in [0.1, 0.15) is 0 Å². The molecule has 140 valence electrons. The zero-order valence-corrected chi connectivity index (χ0v) is 15.5. The summed E-state index contributed by atoms with van der Waals surface area (Å²) in [6.07, 6.45) is 0.854. The Morgan fingerprint density at radius 3 is 2.59 bits per heavy atom. The molecule has 8 nitrogen and oxygen atoms in total. The Morgan fingerprint density at radius 1 is 1.04 bits per heavy atom. The van der Waals surface area contributed by atoms with Crippen LogP contribution in [0.1, 0.15) is 12.0 Å². The van der Waals surface area contributed by atoms with Crippen molar-refractivity contribution in [1.29, 1.82) is 0 Å². The van der Waals surface area contributed by atoms with Crippen molar-refractivity contribution < 1.29 is 17.6 Å². The standard InChI is InChI=1S/C18H17N3O5S/c1-20-14-7-5-13(9-11(14)3-8-17(20)22)27(24,25)19-12-4-6-15-16(10-12)26-18(23)21(15)2/h4-7,9-10,19H,3,8H2,1-2H3. The summed E-state index contributed by atoms with van der Waals surface area (Å²) in [7, 11) is -0.577. The van der Waals surface area contributed by atoms with E-state index in [4.69, 9.17) is 4.42 Å². The van der Waals surface area contributed by atoms with Crippen LogP contribution in [-0.4, -0.2) is 25.9 Å². The van der Waals surface area contributed by atoms with E-state index in [1.54, 1.807) is 38.4 Å². The number of rotatable bonds is 3. The fraction of sp³-hybridized carbons (Fsp3) is 0.222. The van der Waals surface area contributed by atoms with Crippen LogP contribution in [0.5, 0.6) is 0 Å². The van der Waals surface area contributed by atoms with Gasteiger partial charge >= 0.3 is 5.76 Å². The van der Waals surface area contributed by atoms with E-state index in [2.05, 4.69) is 4.72 Å². The highest BCUT2D eigenvalue weighted by Gasteiger charge is 2.23. The molecular formula is C18H17N3O5S. The number of fused-ring (bicyclic) bond motifs is 2. The Labute approximate surface area is 155 Å². The summed E-state index contributed by atoms with van der Waals surface area (Å²) in [5.74, 6) is -0.507. The van der Waals surface area contributed by atoms with Crippen LogP contribution in [0.3, 0.4) is 0 Å². The Hall–Kier alpha value is -3.07. The fourth-order valence-electron chi connectivity index (χ4n) is 3.21. The Balaban J connectivity index is 1.68. The summed E-state index contributed by atoms with van der Waals surface area (Å²) in [6.45, 7) is 0. The zero-order chi connectivity index (χ0) is 19.3. The molecule has 2 heterocycles. The largest absolute Gasteiger partial charge is 0.419 e. The zero-order valence-electron chi connectivity index (χ0n) is 14.7. The maximum absolute atomic E-state index is 12.8. The molecule has 0 saturated carbocycles. The molecule has 1 N–H and O–H groups in total. The van der Waals surface area contributed by atoms with Gasteiger partial charge in [0.2, 0.25) is 5.91 Å². The number of oxazole rings is 1. The lowest BCUT2D eigenvalue weighted by Gasteiger charge is -2.26. The molecule has 1 aliphatic rings. The lowest BCUT2D eigenvalue weighted by molar-refractivity contribution is -0.118. The van der Waals surface area contributed by atoms with Crippen molar-refractivity contribution in [3.05, 3.63) is 52.5 Å². The number of nitrogens with zero attached hydrogens (tertiary/aromatic N) is 2. The minimum absolute atomic E-state index is 0.00823. The number of amides is 1. The predicted molar refractivity (Wildman–Crippen MR) is 100 cm³/mol. The van der Waals surface area contributed by atoms with Gasteiger partial charge in [0.25, 0.3) is 10.0 Å². The van der Waals surface area contributed by atoms with Gasteiger partial charge in [-0.1, -0.05) is 0 Å². The van der Waals surface area contributed by atoms with Crippen molar-refractivity contribution in [1.82, 2.24) is 4.57 Å². The molecule has 1 amide bonds. The van der Waals surface area contributed by atoms with E-state index in [1.165, 1.54) is 21.6 Å². The van der Waals surface area contributed by atoms with Gasteiger partial charge in [-0.25, -0.2) is 13.2 Å². The van der Waals surface area contributed by atoms with E-state index in [-0.39, 0.29) is 10.8 Å². The molecule has 0 atom stereocenters. The molecule has 3 aromatic rings. The van der Waals surface area contributed by atoms with Crippen LogP contribution in [-0.2, 0) is 28.3 Å². The van der Waals surface area contributed by atoms with Gasteiger partial charge in [0.15, 0.2) is 5.58 Å². The van der Waals surface area contributed by atoms with Crippen LogP contribution < -0.4 is 15.4 Å². The predicted octanol–water partition coefficient (Wildman–Crippen LogP) is 1.84. The minimum atomic E-state index is -3.83. The number of aromatic nitrogens is 1. The van der Waals surface area contributed by atoms with Crippen molar-refractivity contribution >= 4 is 38.4 Å². The average Bonchev–Trinajstić information content (AvgIpc) is 2.91. The SMILES string of the molecule is CN1C(=O)CCc2cc(S(=O)(=O)Nc3ccc4c(c3)oc(=O)n4C)ccc21. The lowest BCUT2D eigenvalue weighted by Crippen LogP contribution is -2.31. The summed E-state index contributed by atoms with van der Waals surface area (Å²) >= 11 is 0. The number of carbonyl (C=O) groups excluding carboxylic acids is 1. The topological polar surface area (TPSA) is 102 Å². The van der Waals surface area contributed by atoms with Gasteiger partial charge in [0.05, 0.1) is 16.1 Å². The number of sulfonamides is 1. The van der Waals surface area contributed by atoms with E-state index in [0.29, 0.717) is 29.6 Å². The number of hydrogen-bond acceptors (Lipinski definition) is 5. The second-order valence-corrected chi connectivity index (χ2v) is 8.14. The number of nitrogens with one attached hydrogen (secondary N) is 1. The first-order valence-electron chi connectivity index (χ1n) is 8.28. The first kappa shape index (κ1) is 17.3. The molecule has 0 aliphatic carbocycles. The van der Waals surface area contributed by atoms with E-state index in [9.17, 15) is 18.0 Å². The summed E-state index contributed by atoms with van der Waals surface area (Å²) in [4.78, 5) is 25.0. The monoisotopic (exact) mass is 387 g/mol. The maximum Gasteiger partial charge on any atom is 0.419 e. The third kappa shape index (κ3) is 2.89. The third-order valence-corrected chi connectivity index (χ3v) is 6.13. The van der Waals surface area contributed by atoms with Gasteiger partial charge in [-0.05, 0) is 42.3 Å². The van der Waals surface area contributed by atoms with Crippen LogP contribution in [0.4, 0.5) is 11.4 Å². The van der Waals surface area contributed by atoms with Gasteiger partial charge in [0, 0.05) is 32.3 Å². The molecule has 1 aliphatic heterocycles. The van der Waals surface area contributed by atoms with Gasteiger partial charge in [-0.15, -0.1) is 0 Å². The molecule has 4 rings (SSSR count). The second kappa shape index (κ2) is 5.98.